The molecule has 1 saturated carbocycles. The van der Waals surface area contributed by atoms with E-state index < -0.39 is 38.9 Å². The van der Waals surface area contributed by atoms with Crippen molar-refractivity contribution >= 4 is 52.4 Å². The fourth-order valence-electron chi connectivity index (χ4n) is 2.04. The average Bonchev–Trinajstić information content (AvgIpc) is 2.84. The Labute approximate surface area is 131 Å². The number of alkyl halides is 5. The average molecular weight is 368 g/mol. The summed E-state index contributed by atoms with van der Waals surface area (Å²) in [7, 11) is 0. The van der Waals surface area contributed by atoms with Gasteiger partial charge >= 0.3 is 12.1 Å². The van der Waals surface area contributed by atoms with Crippen LogP contribution < -0.4 is 0 Å². The maximum Gasteiger partial charge on any atom is 0.417 e. The van der Waals surface area contributed by atoms with Gasteiger partial charge in [-0.15, -0.1) is 0 Å². The number of halogens is 7. The molecule has 0 amide bonds. The number of carboxylic acid groups (broad SMARTS) is 1. The molecule has 0 radical (unpaired) electrons. The van der Waals surface area contributed by atoms with Crippen molar-refractivity contribution in [3.63, 3.8) is 0 Å². The number of carbonyl (C=O) groups is 1. The highest BCUT2D eigenvalue weighted by Crippen LogP contribution is 2.65. The predicted octanol–water partition coefficient (Wildman–Crippen LogP) is 4.98. The van der Waals surface area contributed by atoms with E-state index in [0.29, 0.717) is 0 Å². The minimum absolute atomic E-state index is 0.0101. The molecule has 1 aliphatic carbocycles. The van der Waals surface area contributed by atoms with Crippen LogP contribution in [0.5, 0.6) is 0 Å². The standard InChI is InChI=1S/C11H5Cl4F3O2/c12-5-2-3(1-4(8(5)13)11(16,17)18)6-7(9(19)20)10(6,14)15/h1-2,6-7H,(H,19,20)/t6-,7+/m0/s1. The molecule has 0 bridgehead atoms. The Kier molecular flexibility index (Phi) is 3.87. The SMILES string of the molecule is O=C(O)[C@H]1[C@H](c2cc(Cl)c(Cl)c(C(F)(F)F)c2)C1(Cl)Cl. The van der Waals surface area contributed by atoms with E-state index in [9.17, 15) is 18.0 Å². The quantitative estimate of drug-likeness (QED) is 0.748. The fraction of sp³-hybridized carbons (Fsp3) is 0.364. The number of benzene rings is 1. The van der Waals surface area contributed by atoms with Crippen LogP contribution in [0.2, 0.25) is 10.0 Å². The summed E-state index contributed by atoms with van der Waals surface area (Å²) in [6.45, 7) is 0. The van der Waals surface area contributed by atoms with Gasteiger partial charge in [-0.25, -0.2) is 0 Å². The molecule has 2 rings (SSSR count). The topological polar surface area (TPSA) is 37.3 Å². The van der Waals surface area contributed by atoms with Crippen LogP contribution >= 0.6 is 46.4 Å². The van der Waals surface area contributed by atoms with Gasteiger partial charge in [0, 0.05) is 5.92 Å². The summed E-state index contributed by atoms with van der Waals surface area (Å²) in [4.78, 5) is 10.9. The molecule has 0 heterocycles. The summed E-state index contributed by atoms with van der Waals surface area (Å²) in [5.41, 5.74) is -1.16. The summed E-state index contributed by atoms with van der Waals surface area (Å²) in [5, 5.41) is 7.94. The molecule has 2 nitrogen and oxygen atoms in total. The van der Waals surface area contributed by atoms with Gasteiger partial charge in [0.1, 0.15) is 4.33 Å². The zero-order valence-corrected chi connectivity index (χ0v) is 12.3. The van der Waals surface area contributed by atoms with E-state index in [4.69, 9.17) is 51.5 Å². The van der Waals surface area contributed by atoms with Gasteiger partial charge in [0.25, 0.3) is 0 Å². The van der Waals surface area contributed by atoms with Crippen molar-refractivity contribution in [3.8, 4) is 0 Å². The van der Waals surface area contributed by atoms with E-state index >= 15 is 0 Å². The van der Waals surface area contributed by atoms with Gasteiger partial charge in [-0.3, -0.25) is 4.79 Å². The molecule has 20 heavy (non-hydrogen) atoms. The molecule has 0 spiro atoms. The number of carboxylic acids is 1. The Balaban J connectivity index is 2.51. The second kappa shape index (κ2) is 4.83. The maximum absolute atomic E-state index is 12.8. The third-order valence-corrected chi connectivity index (χ3v) is 4.78. The Hall–Kier alpha value is -0.360. The number of rotatable bonds is 2. The molecule has 1 aliphatic rings. The monoisotopic (exact) mass is 366 g/mol. The Morgan fingerprint density at radius 1 is 1.25 bits per heavy atom. The van der Waals surface area contributed by atoms with Crippen LogP contribution in [0.3, 0.4) is 0 Å². The molecule has 110 valence electrons. The first-order chi connectivity index (χ1) is 8.98. The predicted molar refractivity (Wildman–Crippen MR) is 69.8 cm³/mol. The van der Waals surface area contributed by atoms with Crippen molar-refractivity contribution in [1.82, 2.24) is 0 Å². The Morgan fingerprint density at radius 3 is 2.20 bits per heavy atom. The summed E-state index contributed by atoms with van der Waals surface area (Å²) in [6, 6.07) is 1.87. The van der Waals surface area contributed by atoms with E-state index in [1.807, 2.05) is 0 Å². The van der Waals surface area contributed by atoms with E-state index in [0.717, 1.165) is 12.1 Å². The van der Waals surface area contributed by atoms with E-state index in [1.54, 1.807) is 0 Å². The van der Waals surface area contributed by atoms with Crippen LogP contribution in [0.15, 0.2) is 12.1 Å². The molecular formula is C11H5Cl4F3O2. The third kappa shape index (κ3) is 2.56. The van der Waals surface area contributed by atoms with Crippen LogP contribution in [-0.4, -0.2) is 15.4 Å². The van der Waals surface area contributed by atoms with E-state index in [2.05, 4.69) is 0 Å². The lowest BCUT2D eigenvalue weighted by Gasteiger charge is -2.12. The summed E-state index contributed by atoms with van der Waals surface area (Å²) in [5.74, 6) is -3.46. The van der Waals surface area contributed by atoms with Crippen molar-refractivity contribution in [3.05, 3.63) is 33.3 Å². The van der Waals surface area contributed by atoms with Crippen LogP contribution in [0.4, 0.5) is 13.2 Å². The summed E-state index contributed by atoms with van der Waals surface area (Å²) in [6.07, 6.45) is -4.72. The van der Waals surface area contributed by atoms with E-state index in [1.165, 1.54) is 0 Å². The maximum atomic E-state index is 12.8. The first kappa shape index (κ1) is 16.0. The number of aliphatic carboxylic acids is 1. The molecule has 2 atom stereocenters. The van der Waals surface area contributed by atoms with Gasteiger partial charge < -0.3 is 5.11 Å². The molecule has 1 aromatic carbocycles. The Bertz CT molecular complexity index is 586. The zero-order chi connectivity index (χ0) is 15.5. The normalized spacial score (nSPS) is 24.6. The van der Waals surface area contributed by atoms with Crippen LogP contribution in [0, 0.1) is 5.92 Å². The number of hydrogen-bond donors (Lipinski definition) is 1. The van der Waals surface area contributed by atoms with Crippen molar-refractivity contribution in [2.75, 3.05) is 0 Å². The van der Waals surface area contributed by atoms with Gasteiger partial charge in [-0.1, -0.05) is 46.4 Å². The van der Waals surface area contributed by atoms with Crippen LogP contribution in [0.25, 0.3) is 0 Å². The molecule has 1 N–H and O–H groups in total. The van der Waals surface area contributed by atoms with E-state index in [-0.39, 0.29) is 10.6 Å². The highest BCUT2D eigenvalue weighted by atomic mass is 35.5. The van der Waals surface area contributed by atoms with Crippen LogP contribution in [0.1, 0.15) is 17.0 Å². The second-order valence-electron chi connectivity index (χ2n) is 4.33. The molecule has 9 heteroatoms. The largest absolute Gasteiger partial charge is 0.481 e. The smallest absolute Gasteiger partial charge is 0.417 e. The molecule has 1 aromatic rings. The Morgan fingerprint density at radius 2 is 1.80 bits per heavy atom. The lowest BCUT2D eigenvalue weighted by Crippen LogP contribution is -2.07. The molecule has 0 aliphatic heterocycles. The molecule has 0 aromatic heterocycles. The summed E-state index contributed by atoms with van der Waals surface area (Å²) >= 11 is 22.7. The minimum atomic E-state index is -4.72. The minimum Gasteiger partial charge on any atom is -0.481 e. The van der Waals surface area contributed by atoms with Gasteiger partial charge in [0.05, 0.1) is 21.5 Å². The highest BCUT2D eigenvalue weighted by Gasteiger charge is 2.68. The van der Waals surface area contributed by atoms with Gasteiger partial charge in [-0.2, -0.15) is 13.2 Å². The fourth-order valence-corrected chi connectivity index (χ4v) is 3.31. The van der Waals surface area contributed by atoms with Gasteiger partial charge in [-0.05, 0) is 17.7 Å². The first-order valence-corrected chi connectivity index (χ1v) is 6.66. The van der Waals surface area contributed by atoms with Crippen molar-refractivity contribution in [2.45, 2.75) is 16.4 Å². The van der Waals surface area contributed by atoms with Crippen molar-refractivity contribution < 1.29 is 23.1 Å². The van der Waals surface area contributed by atoms with Crippen molar-refractivity contribution in [1.29, 1.82) is 0 Å². The molecule has 0 saturated heterocycles. The number of hydrogen-bond acceptors (Lipinski definition) is 1. The molecule has 1 fully saturated rings. The van der Waals surface area contributed by atoms with Crippen molar-refractivity contribution in [2.24, 2.45) is 5.92 Å². The lowest BCUT2D eigenvalue weighted by molar-refractivity contribution is -0.138. The second-order valence-corrected chi connectivity index (χ2v) is 6.56. The highest BCUT2D eigenvalue weighted by molar-refractivity contribution is 6.53. The van der Waals surface area contributed by atoms with Crippen LogP contribution in [-0.2, 0) is 11.0 Å². The molecule has 0 unspecified atom stereocenters. The van der Waals surface area contributed by atoms with Gasteiger partial charge in [0.15, 0.2) is 0 Å². The lowest BCUT2D eigenvalue weighted by atomic mass is 10.1. The zero-order valence-electron chi connectivity index (χ0n) is 9.31. The molecular weight excluding hydrogens is 363 g/mol. The first-order valence-electron chi connectivity index (χ1n) is 5.14. The van der Waals surface area contributed by atoms with Gasteiger partial charge in [0.2, 0.25) is 0 Å². The summed E-state index contributed by atoms with van der Waals surface area (Å²) < 4.78 is 36.8. The third-order valence-electron chi connectivity index (χ3n) is 3.03.